The number of nitrogens with zero attached hydrogens (tertiary/aromatic N) is 1. The number of rotatable bonds is 6. The number of nitrogens with one attached hydrogen (secondary N) is 1. The third-order valence-electron chi connectivity index (χ3n) is 3.52. The van der Waals surface area contributed by atoms with E-state index in [9.17, 15) is 4.79 Å². The van der Waals surface area contributed by atoms with Crippen molar-refractivity contribution in [1.29, 1.82) is 0 Å². The van der Waals surface area contributed by atoms with Crippen LogP contribution < -0.4 is 5.32 Å². The second kappa shape index (κ2) is 7.24. The summed E-state index contributed by atoms with van der Waals surface area (Å²) in [6, 6.07) is 0.464. The molecule has 100 valence electrons. The Labute approximate surface area is 108 Å². The van der Waals surface area contributed by atoms with Crippen molar-refractivity contribution in [3.8, 4) is 0 Å². The minimum Gasteiger partial charge on any atom is -0.379 e. The molecule has 5 heteroatoms. The van der Waals surface area contributed by atoms with E-state index in [0.29, 0.717) is 19.3 Å². The van der Waals surface area contributed by atoms with Crippen LogP contribution in [0.3, 0.4) is 0 Å². The third kappa shape index (κ3) is 3.86. The molecular weight excluding hydrogens is 236 g/mol. The maximum atomic E-state index is 12.3. The van der Waals surface area contributed by atoms with E-state index in [-0.39, 0.29) is 17.9 Å². The molecule has 4 nitrogen and oxygen atoms in total. The van der Waals surface area contributed by atoms with Gasteiger partial charge in [0.05, 0.1) is 19.1 Å². The highest BCUT2D eigenvalue weighted by molar-refractivity contribution is 7.98. The first-order chi connectivity index (χ1) is 8.11. The molecule has 1 amide bonds. The summed E-state index contributed by atoms with van der Waals surface area (Å²) in [4.78, 5) is 14.2. The summed E-state index contributed by atoms with van der Waals surface area (Å²) < 4.78 is 5.38. The van der Waals surface area contributed by atoms with Gasteiger partial charge in [-0.05, 0) is 32.4 Å². The number of amides is 1. The molecule has 3 atom stereocenters. The van der Waals surface area contributed by atoms with Crippen LogP contribution >= 0.6 is 11.8 Å². The summed E-state index contributed by atoms with van der Waals surface area (Å²) in [5.41, 5.74) is 0. The maximum Gasteiger partial charge on any atom is 0.229 e. The molecule has 0 aliphatic carbocycles. The van der Waals surface area contributed by atoms with Crippen LogP contribution in [0.1, 0.15) is 13.3 Å². The summed E-state index contributed by atoms with van der Waals surface area (Å²) in [6.07, 6.45) is 3.14. The van der Waals surface area contributed by atoms with Crippen molar-refractivity contribution in [2.45, 2.75) is 25.4 Å². The molecule has 1 rings (SSSR count). The van der Waals surface area contributed by atoms with Gasteiger partial charge in [0.1, 0.15) is 0 Å². The summed E-state index contributed by atoms with van der Waals surface area (Å²) in [6.45, 7) is 3.29. The molecule has 1 N–H and O–H groups in total. The van der Waals surface area contributed by atoms with Crippen LogP contribution in [0.5, 0.6) is 0 Å². The van der Waals surface area contributed by atoms with Gasteiger partial charge in [-0.25, -0.2) is 0 Å². The topological polar surface area (TPSA) is 41.6 Å². The Morgan fingerprint density at radius 3 is 2.88 bits per heavy atom. The third-order valence-corrected chi connectivity index (χ3v) is 4.16. The average molecular weight is 260 g/mol. The molecule has 1 heterocycles. The monoisotopic (exact) mass is 260 g/mol. The van der Waals surface area contributed by atoms with Gasteiger partial charge in [-0.3, -0.25) is 4.79 Å². The molecule has 0 saturated carbocycles. The van der Waals surface area contributed by atoms with Gasteiger partial charge in [0, 0.05) is 19.1 Å². The van der Waals surface area contributed by atoms with Crippen molar-refractivity contribution in [2.75, 3.05) is 39.3 Å². The highest BCUT2D eigenvalue weighted by Gasteiger charge is 2.35. The van der Waals surface area contributed by atoms with Crippen LogP contribution in [-0.4, -0.2) is 62.2 Å². The number of carbonyl (C=O) groups excluding carboxylic acids is 1. The highest BCUT2D eigenvalue weighted by atomic mass is 32.2. The van der Waals surface area contributed by atoms with Crippen molar-refractivity contribution in [1.82, 2.24) is 10.2 Å². The first kappa shape index (κ1) is 14.8. The van der Waals surface area contributed by atoms with E-state index in [2.05, 4.69) is 18.5 Å². The molecule has 0 spiro atoms. The zero-order chi connectivity index (χ0) is 12.8. The van der Waals surface area contributed by atoms with Gasteiger partial charge in [-0.1, -0.05) is 0 Å². The van der Waals surface area contributed by atoms with Crippen LogP contribution in [0.15, 0.2) is 0 Å². The summed E-state index contributed by atoms with van der Waals surface area (Å²) in [5.74, 6) is 1.27. The zero-order valence-electron chi connectivity index (χ0n) is 11.2. The first-order valence-corrected chi connectivity index (χ1v) is 7.51. The quantitative estimate of drug-likeness (QED) is 0.768. The van der Waals surface area contributed by atoms with Crippen LogP contribution in [0.25, 0.3) is 0 Å². The minimum atomic E-state index is -0.0262. The number of hydrogen-bond donors (Lipinski definition) is 1. The normalized spacial score (nSPS) is 25.9. The minimum absolute atomic E-state index is 0.0262. The predicted octanol–water partition coefficient (Wildman–Crippen LogP) is 0.821. The van der Waals surface area contributed by atoms with Crippen LogP contribution in [0.4, 0.5) is 0 Å². The molecular formula is C12H24N2O2S. The molecule has 0 radical (unpaired) electrons. The summed E-state index contributed by atoms with van der Waals surface area (Å²) in [7, 11) is 3.79. The fraction of sp³-hybridized carbons (Fsp3) is 0.917. The average Bonchev–Trinajstić information content (AvgIpc) is 2.82. The second-order valence-corrected chi connectivity index (χ2v) is 5.60. The molecule has 0 aromatic rings. The summed E-state index contributed by atoms with van der Waals surface area (Å²) >= 11 is 1.82. The van der Waals surface area contributed by atoms with Gasteiger partial charge in [-0.2, -0.15) is 11.8 Å². The second-order valence-electron chi connectivity index (χ2n) is 4.62. The Morgan fingerprint density at radius 1 is 1.59 bits per heavy atom. The largest absolute Gasteiger partial charge is 0.379 e. The fourth-order valence-corrected chi connectivity index (χ4v) is 2.62. The van der Waals surface area contributed by atoms with Crippen LogP contribution in [-0.2, 0) is 9.53 Å². The van der Waals surface area contributed by atoms with Crippen molar-refractivity contribution in [3.05, 3.63) is 0 Å². The van der Waals surface area contributed by atoms with E-state index in [0.717, 1.165) is 12.2 Å². The number of thioether (sulfide) groups is 1. The lowest BCUT2D eigenvalue weighted by molar-refractivity contribution is -0.136. The maximum absolute atomic E-state index is 12.3. The first-order valence-electron chi connectivity index (χ1n) is 6.12. The fourth-order valence-electron chi connectivity index (χ4n) is 2.04. The molecule has 0 aromatic heterocycles. The van der Waals surface area contributed by atoms with Gasteiger partial charge >= 0.3 is 0 Å². The van der Waals surface area contributed by atoms with E-state index >= 15 is 0 Å². The van der Waals surface area contributed by atoms with Crippen LogP contribution in [0.2, 0.25) is 0 Å². The van der Waals surface area contributed by atoms with Gasteiger partial charge in [0.2, 0.25) is 5.91 Å². The molecule has 1 fully saturated rings. The molecule has 1 aliphatic rings. The van der Waals surface area contributed by atoms with Crippen molar-refractivity contribution < 1.29 is 9.53 Å². The standard InChI is InChI=1S/C12H24N2O2S/c1-9(5-6-17-4)14(3)12(15)10-7-16-8-11(10)13-2/h9-11,13H,5-8H2,1-4H3. The van der Waals surface area contributed by atoms with E-state index in [1.807, 2.05) is 30.8 Å². The number of hydrogen-bond acceptors (Lipinski definition) is 4. The smallest absolute Gasteiger partial charge is 0.229 e. The molecule has 1 aliphatic heterocycles. The van der Waals surface area contributed by atoms with Crippen molar-refractivity contribution >= 4 is 17.7 Å². The van der Waals surface area contributed by atoms with E-state index in [1.54, 1.807) is 0 Å². The number of carbonyl (C=O) groups is 1. The van der Waals surface area contributed by atoms with Gasteiger partial charge in [-0.15, -0.1) is 0 Å². The molecule has 1 saturated heterocycles. The lowest BCUT2D eigenvalue weighted by atomic mass is 10.0. The number of ether oxygens (including phenoxy) is 1. The van der Waals surface area contributed by atoms with Crippen molar-refractivity contribution in [2.24, 2.45) is 5.92 Å². The van der Waals surface area contributed by atoms with Gasteiger partial charge < -0.3 is 15.0 Å². The lowest BCUT2D eigenvalue weighted by Gasteiger charge is -2.29. The Kier molecular flexibility index (Phi) is 6.30. The Morgan fingerprint density at radius 2 is 2.29 bits per heavy atom. The van der Waals surface area contributed by atoms with Gasteiger partial charge in [0.15, 0.2) is 0 Å². The zero-order valence-corrected chi connectivity index (χ0v) is 12.0. The highest BCUT2D eigenvalue weighted by Crippen LogP contribution is 2.18. The molecule has 17 heavy (non-hydrogen) atoms. The van der Waals surface area contributed by atoms with E-state index in [4.69, 9.17) is 4.74 Å². The molecule has 0 bridgehead atoms. The van der Waals surface area contributed by atoms with E-state index < -0.39 is 0 Å². The lowest BCUT2D eigenvalue weighted by Crippen LogP contribution is -2.46. The Bertz CT molecular complexity index is 251. The van der Waals surface area contributed by atoms with E-state index in [1.165, 1.54) is 0 Å². The summed E-state index contributed by atoms with van der Waals surface area (Å²) in [5, 5.41) is 3.16. The van der Waals surface area contributed by atoms with Gasteiger partial charge in [0.25, 0.3) is 0 Å². The molecule has 0 aromatic carbocycles. The van der Waals surface area contributed by atoms with Crippen molar-refractivity contribution in [3.63, 3.8) is 0 Å². The Balaban J connectivity index is 2.50. The predicted molar refractivity (Wildman–Crippen MR) is 72.4 cm³/mol. The SMILES string of the molecule is CNC1COCC1C(=O)N(C)C(C)CCSC. The molecule has 3 unspecified atom stereocenters. The Hall–Kier alpha value is -0.260. The van der Waals surface area contributed by atoms with Crippen LogP contribution in [0, 0.1) is 5.92 Å². The number of likely N-dealkylation sites (N-methyl/N-ethyl adjacent to an activating group) is 1.